The number of aromatic amines is 1. The van der Waals surface area contributed by atoms with Crippen LogP contribution >= 0.6 is 23.6 Å². The van der Waals surface area contributed by atoms with Gasteiger partial charge in [0.15, 0.2) is 3.95 Å². The Morgan fingerprint density at radius 2 is 2.05 bits per heavy atom. The summed E-state index contributed by atoms with van der Waals surface area (Å²) in [5.74, 6) is -0.541. The molecule has 1 aromatic heterocycles. The van der Waals surface area contributed by atoms with Crippen molar-refractivity contribution in [1.82, 2.24) is 9.88 Å². The molecule has 0 aliphatic heterocycles. The summed E-state index contributed by atoms with van der Waals surface area (Å²) in [5.41, 5.74) is 0.735. The fraction of sp³-hybridized carbons (Fsp3) is 0.636. The number of aromatic nitrogens is 1. The Hall–Kier alpha value is -0.890. The molecule has 0 saturated heterocycles. The smallest absolute Gasteiger partial charge is 0.341 e. The van der Waals surface area contributed by atoms with E-state index in [-0.39, 0.29) is 6.42 Å². The lowest BCUT2D eigenvalue weighted by Crippen LogP contribution is -2.44. The Balaban J connectivity index is 2.84. The highest BCUT2D eigenvalue weighted by molar-refractivity contribution is 7.73. The topological polar surface area (TPSA) is 36.1 Å². The molecule has 0 bridgehead atoms. The molecule has 1 aromatic rings. The number of nitrogens with one attached hydrogen (secondary N) is 1. The summed E-state index contributed by atoms with van der Waals surface area (Å²) in [4.78, 5) is 16.4. The van der Waals surface area contributed by atoms with E-state index in [1.54, 1.807) is 20.8 Å². The predicted octanol–water partition coefficient (Wildman–Crippen LogP) is 3.46. The van der Waals surface area contributed by atoms with Crippen molar-refractivity contribution >= 4 is 29.5 Å². The molecule has 3 nitrogen and oxygen atoms in total. The third kappa shape index (κ3) is 4.94. The van der Waals surface area contributed by atoms with Crippen LogP contribution in [0.15, 0.2) is 0 Å². The van der Waals surface area contributed by atoms with Crippen LogP contribution in [0.25, 0.3) is 0 Å². The molecule has 0 aliphatic carbocycles. The average molecular weight is 312 g/mol. The van der Waals surface area contributed by atoms with Gasteiger partial charge in [0.05, 0.1) is 6.42 Å². The van der Waals surface area contributed by atoms with Crippen molar-refractivity contribution in [3.8, 4) is 0 Å². The second-order valence-corrected chi connectivity index (χ2v) is 6.24. The molecule has 8 heteroatoms. The van der Waals surface area contributed by atoms with Gasteiger partial charge in [0.1, 0.15) is 6.54 Å². The second-order valence-electron chi connectivity index (χ2n) is 4.47. The molecule has 0 fully saturated rings. The molecule has 108 valence electrons. The second kappa shape index (κ2) is 6.04. The van der Waals surface area contributed by atoms with Crippen molar-refractivity contribution in [2.45, 2.75) is 39.4 Å². The standard InChI is InChI=1S/C11H15F3N2OS2/c1-6(2)16(5-11(12,13)14)9(17)4-8-7(3)15-10(18)19-8/h6H,4-5H2,1-3H3,(H,15,18). The van der Waals surface area contributed by atoms with E-state index in [4.69, 9.17) is 12.2 Å². The van der Waals surface area contributed by atoms with E-state index in [0.717, 1.165) is 10.6 Å². The quantitative estimate of drug-likeness (QED) is 0.864. The molecule has 0 saturated carbocycles. The number of hydrogen-bond acceptors (Lipinski definition) is 3. The van der Waals surface area contributed by atoms with Gasteiger partial charge in [-0.15, -0.1) is 11.3 Å². The number of alkyl halides is 3. The number of nitrogens with zero attached hydrogens (tertiary/aromatic N) is 1. The Morgan fingerprint density at radius 3 is 2.42 bits per heavy atom. The van der Waals surface area contributed by atoms with Crippen LogP contribution in [-0.2, 0) is 11.2 Å². The van der Waals surface area contributed by atoms with Gasteiger partial charge in [-0.2, -0.15) is 13.2 Å². The van der Waals surface area contributed by atoms with Gasteiger partial charge < -0.3 is 9.88 Å². The minimum absolute atomic E-state index is 0.0576. The first-order chi connectivity index (χ1) is 8.60. The fourth-order valence-electron chi connectivity index (χ4n) is 1.60. The molecule has 1 rings (SSSR count). The number of thiazole rings is 1. The largest absolute Gasteiger partial charge is 0.406 e. The zero-order valence-corrected chi connectivity index (χ0v) is 12.4. The maximum absolute atomic E-state index is 12.4. The van der Waals surface area contributed by atoms with Crippen molar-refractivity contribution in [1.29, 1.82) is 0 Å². The number of carbonyl (C=O) groups excluding carboxylic acids is 1. The van der Waals surface area contributed by atoms with Crippen LogP contribution in [0.5, 0.6) is 0 Å². The highest BCUT2D eigenvalue weighted by Gasteiger charge is 2.34. The average Bonchev–Trinajstić information content (AvgIpc) is 2.52. The molecule has 1 N–H and O–H groups in total. The van der Waals surface area contributed by atoms with Crippen LogP contribution < -0.4 is 0 Å². The molecule has 0 atom stereocenters. The summed E-state index contributed by atoms with van der Waals surface area (Å²) < 4.78 is 37.8. The van der Waals surface area contributed by atoms with E-state index < -0.39 is 24.7 Å². The Kier molecular flexibility index (Phi) is 5.14. The highest BCUT2D eigenvalue weighted by Crippen LogP contribution is 2.21. The van der Waals surface area contributed by atoms with Gasteiger partial charge in [0.25, 0.3) is 0 Å². The summed E-state index contributed by atoms with van der Waals surface area (Å²) in [6.07, 6.45) is -4.45. The van der Waals surface area contributed by atoms with Crippen LogP contribution in [-0.4, -0.2) is 34.6 Å². The van der Waals surface area contributed by atoms with Crippen LogP contribution in [0.1, 0.15) is 24.4 Å². The van der Waals surface area contributed by atoms with Gasteiger partial charge in [-0.1, -0.05) is 0 Å². The third-order valence-electron chi connectivity index (χ3n) is 2.53. The van der Waals surface area contributed by atoms with E-state index >= 15 is 0 Å². The molecule has 19 heavy (non-hydrogen) atoms. The minimum Gasteiger partial charge on any atom is -0.341 e. The summed E-state index contributed by atoms with van der Waals surface area (Å²) >= 11 is 6.16. The number of rotatable bonds is 4. The van der Waals surface area contributed by atoms with E-state index in [1.807, 2.05) is 0 Å². The van der Waals surface area contributed by atoms with Gasteiger partial charge in [-0.3, -0.25) is 4.79 Å². The summed E-state index contributed by atoms with van der Waals surface area (Å²) in [7, 11) is 0. The molecular formula is C11H15F3N2OS2. The molecule has 1 heterocycles. The van der Waals surface area contributed by atoms with Gasteiger partial charge in [-0.05, 0) is 33.0 Å². The van der Waals surface area contributed by atoms with Crippen molar-refractivity contribution in [2.24, 2.45) is 0 Å². The van der Waals surface area contributed by atoms with E-state index in [2.05, 4.69) is 4.98 Å². The van der Waals surface area contributed by atoms with Crippen LogP contribution in [0.3, 0.4) is 0 Å². The number of carbonyl (C=O) groups is 1. The van der Waals surface area contributed by atoms with Gasteiger partial charge >= 0.3 is 6.18 Å². The Labute approximate surface area is 118 Å². The first-order valence-electron chi connectivity index (χ1n) is 5.65. The molecule has 1 amide bonds. The van der Waals surface area contributed by atoms with Crippen molar-refractivity contribution in [2.75, 3.05) is 6.54 Å². The normalized spacial score (nSPS) is 11.9. The van der Waals surface area contributed by atoms with Gasteiger partial charge in [0, 0.05) is 16.6 Å². The maximum atomic E-state index is 12.4. The van der Waals surface area contributed by atoms with Crippen molar-refractivity contribution in [3.63, 3.8) is 0 Å². The Bertz CT molecular complexity index is 505. The SMILES string of the molecule is Cc1[nH]c(=S)sc1CC(=O)N(CC(F)(F)F)C(C)C. The molecular weight excluding hydrogens is 297 g/mol. The maximum Gasteiger partial charge on any atom is 0.406 e. The van der Waals surface area contributed by atoms with Crippen molar-refractivity contribution in [3.05, 3.63) is 14.5 Å². The summed E-state index contributed by atoms with van der Waals surface area (Å²) in [5, 5.41) is 0. The fourth-order valence-corrected chi connectivity index (χ4v) is 2.88. The zero-order chi connectivity index (χ0) is 14.8. The number of amides is 1. The molecule has 0 aliphatic rings. The lowest BCUT2D eigenvalue weighted by atomic mass is 10.2. The van der Waals surface area contributed by atoms with Crippen LogP contribution in [0.2, 0.25) is 0 Å². The van der Waals surface area contributed by atoms with Gasteiger partial charge in [0.2, 0.25) is 5.91 Å². The van der Waals surface area contributed by atoms with E-state index in [9.17, 15) is 18.0 Å². The molecule has 0 spiro atoms. The number of halogens is 3. The van der Waals surface area contributed by atoms with Crippen molar-refractivity contribution < 1.29 is 18.0 Å². The van der Waals surface area contributed by atoms with Crippen LogP contribution in [0.4, 0.5) is 13.2 Å². The number of H-pyrrole nitrogens is 1. The van der Waals surface area contributed by atoms with Crippen LogP contribution in [0, 0.1) is 10.9 Å². The number of aryl methyl sites for hydroxylation is 1. The lowest BCUT2D eigenvalue weighted by Gasteiger charge is -2.27. The first kappa shape index (κ1) is 16.2. The number of hydrogen-bond donors (Lipinski definition) is 1. The predicted molar refractivity (Wildman–Crippen MR) is 70.8 cm³/mol. The first-order valence-corrected chi connectivity index (χ1v) is 6.87. The summed E-state index contributed by atoms with van der Waals surface area (Å²) in [6.45, 7) is 3.65. The Morgan fingerprint density at radius 1 is 1.47 bits per heavy atom. The summed E-state index contributed by atoms with van der Waals surface area (Å²) in [6, 6.07) is -0.499. The molecule has 0 aromatic carbocycles. The molecule has 0 radical (unpaired) electrons. The minimum atomic E-state index is -4.39. The molecule has 0 unspecified atom stereocenters. The zero-order valence-electron chi connectivity index (χ0n) is 10.8. The van der Waals surface area contributed by atoms with E-state index in [1.165, 1.54) is 11.3 Å². The monoisotopic (exact) mass is 312 g/mol. The highest BCUT2D eigenvalue weighted by atomic mass is 32.1. The van der Waals surface area contributed by atoms with Gasteiger partial charge in [-0.25, -0.2) is 0 Å². The third-order valence-corrected chi connectivity index (χ3v) is 3.87. The van der Waals surface area contributed by atoms with E-state index in [0.29, 0.717) is 8.83 Å². The lowest BCUT2D eigenvalue weighted by molar-refractivity contribution is -0.164.